The van der Waals surface area contributed by atoms with Crippen molar-refractivity contribution in [3.8, 4) is 11.1 Å². The Morgan fingerprint density at radius 3 is 2.41 bits per heavy atom. The minimum absolute atomic E-state index is 0.367. The molecule has 3 rings (SSSR count). The molecule has 112 valence electrons. The number of benzene rings is 2. The molecule has 1 heterocycles. The van der Waals surface area contributed by atoms with Crippen LogP contribution >= 0.6 is 23.2 Å². The maximum Gasteiger partial charge on any atom is 0.344 e. The van der Waals surface area contributed by atoms with Gasteiger partial charge in [-0.15, -0.1) is 0 Å². The van der Waals surface area contributed by atoms with E-state index in [2.05, 4.69) is 0 Å². The second-order valence-corrected chi connectivity index (χ2v) is 6.22. The minimum atomic E-state index is -0.367. The molecule has 0 fully saturated rings. The fraction of sp³-hybridized carbons (Fsp3) is 0.167. The highest BCUT2D eigenvalue weighted by Crippen LogP contribution is 2.34. The van der Waals surface area contributed by atoms with Gasteiger partial charge in [-0.25, -0.2) is 4.79 Å². The minimum Gasteiger partial charge on any atom is -0.422 e. The second-order valence-electron chi connectivity index (χ2n) is 5.41. The molecule has 0 aliphatic heterocycles. The van der Waals surface area contributed by atoms with Crippen LogP contribution in [0.15, 0.2) is 39.5 Å². The average Bonchev–Trinajstić information content (AvgIpc) is 2.44. The molecule has 0 saturated heterocycles. The quantitative estimate of drug-likeness (QED) is 0.535. The highest BCUT2D eigenvalue weighted by Gasteiger charge is 2.17. The molecule has 3 aromatic rings. The van der Waals surface area contributed by atoms with Crippen molar-refractivity contribution >= 4 is 34.2 Å². The summed E-state index contributed by atoms with van der Waals surface area (Å²) in [7, 11) is 0. The van der Waals surface area contributed by atoms with Crippen LogP contribution in [0.1, 0.15) is 16.7 Å². The number of hydrogen-bond acceptors (Lipinski definition) is 2. The van der Waals surface area contributed by atoms with E-state index < -0.39 is 0 Å². The van der Waals surface area contributed by atoms with Gasteiger partial charge in [-0.3, -0.25) is 0 Å². The van der Waals surface area contributed by atoms with E-state index in [4.69, 9.17) is 27.6 Å². The molecule has 0 aliphatic rings. The van der Waals surface area contributed by atoms with Crippen LogP contribution in [-0.2, 0) is 0 Å². The molecule has 0 atom stereocenters. The van der Waals surface area contributed by atoms with Crippen LogP contribution in [0.2, 0.25) is 10.0 Å². The monoisotopic (exact) mass is 332 g/mol. The Hall–Kier alpha value is -1.77. The predicted octanol–water partition coefficient (Wildman–Crippen LogP) is 5.69. The Labute approximate surface area is 138 Å². The van der Waals surface area contributed by atoms with Crippen LogP contribution in [-0.4, -0.2) is 0 Å². The zero-order valence-electron chi connectivity index (χ0n) is 12.5. The molecule has 0 amide bonds. The summed E-state index contributed by atoms with van der Waals surface area (Å²) in [6, 6.07) is 9.00. The summed E-state index contributed by atoms with van der Waals surface area (Å²) in [5.74, 6) is 0. The molecule has 1 aromatic heterocycles. The molecule has 0 N–H and O–H groups in total. The first-order valence-electron chi connectivity index (χ1n) is 6.89. The standard InChI is InChI=1S/C18H14Cl2O2/c1-9-7-14-15(11(3)17(9)20)10(2)16(18(21)22-14)12-5-4-6-13(19)8-12/h4-8H,1-3H3. The zero-order valence-corrected chi connectivity index (χ0v) is 14.0. The first-order chi connectivity index (χ1) is 10.4. The Morgan fingerprint density at radius 1 is 1.00 bits per heavy atom. The van der Waals surface area contributed by atoms with E-state index in [-0.39, 0.29) is 5.63 Å². The van der Waals surface area contributed by atoms with E-state index in [0.717, 1.165) is 27.6 Å². The van der Waals surface area contributed by atoms with Gasteiger partial charge in [0.1, 0.15) is 5.58 Å². The molecule has 0 spiro atoms. The number of hydrogen-bond donors (Lipinski definition) is 0. The lowest BCUT2D eigenvalue weighted by molar-refractivity contribution is 0.562. The van der Waals surface area contributed by atoms with Gasteiger partial charge in [0, 0.05) is 15.4 Å². The third-order valence-electron chi connectivity index (χ3n) is 3.91. The van der Waals surface area contributed by atoms with Crippen molar-refractivity contribution in [1.82, 2.24) is 0 Å². The van der Waals surface area contributed by atoms with Crippen molar-refractivity contribution in [3.05, 3.63) is 67.5 Å². The molecule has 2 nitrogen and oxygen atoms in total. The SMILES string of the molecule is Cc1cc2oc(=O)c(-c3cccc(Cl)c3)c(C)c2c(C)c1Cl. The fourth-order valence-electron chi connectivity index (χ4n) is 2.88. The molecule has 0 bridgehead atoms. The van der Waals surface area contributed by atoms with E-state index in [1.807, 2.05) is 32.9 Å². The maximum atomic E-state index is 12.4. The van der Waals surface area contributed by atoms with Gasteiger partial charge >= 0.3 is 5.63 Å². The van der Waals surface area contributed by atoms with E-state index in [1.165, 1.54) is 0 Å². The number of aryl methyl sites for hydroxylation is 3. The highest BCUT2D eigenvalue weighted by atomic mass is 35.5. The molecule has 2 aromatic carbocycles. The van der Waals surface area contributed by atoms with Crippen molar-refractivity contribution in [2.24, 2.45) is 0 Å². The van der Waals surface area contributed by atoms with Crippen LogP contribution < -0.4 is 5.63 Å². The first-order valence-corrected chi connectivity index (χ1v) is 7.64. The second kappa shape index (κ2) is 5.45. The van der Waals surface area contributed by atoms with Gasteiger partial charge in [0.15, 0.2) is 0 Å². The van der Waals surface area contributed by atoms with Crippen LogP contribution in [0, 0.1) is 20.8 Å². The molecular weight excluding hydrogens is 319 g/mol. The smallest absolute Gasteiger partial charge is 0.344 e. The fourth-order valence-corrected chi connectivity index (χ4v) is 3.22. The van der Waals surface area contributed by atoms with Crippen molar-refractivity contribution in [2.45, 2.75) is 20.8 Å². The highest BCUT2D eigenvalue weighted by molar-refractivity contribution is 6.33. The Morgan fingerprint density at radius 2 is 1.73 bits per heavy atom. The van der Waals surface area contributed by atoms with Gasteiger partial charge in [-0.05, 0) is 61.2 Å². The van der Waals surface area contributed by atoms with Crippen LogP contribution in [0.25, 0.3) is 22.1 Å². The van der Waals surface area contributed by atoms with E-state index in [1.54, 1.807) is 18.2 Å². The van der Waals surface area contributed by atoms with E-state index >= 15 is 0 Å². The summed E-state index contributed by atoms with van der Waals surface area (Å²) in [5.41, 5.74) is 4.13. The van der Waals surface area contributed by atoms with Crippen molar-refractivity contribution in [1.29, 1.82) is 0 Å². The third-order valence-corrected chi connectivity index (χ3v) is 4.73. The third kappa shape index (κ3) is 2.33. The van der Waals surface area contributed by atoms with Crippen LogP contribution in [0.3, 0.4) is 0 Å². The number of rotatable bonds is 1. The van der Waals surface area contributed by atoms with Gasteiger partial charge < -0.3 is 4.42 Å². The normalized spacial score (nSPS) is 11.1. The Bertz CT molecular complexity index is 955. The van der Waals surface area contributed by atoms with E-state index in [9.17, 15) is 4.79 Å². The summed E-state index contributed by atoms with van der Waals surface area (Å²) >= 11 is 12.4. The predicted molar refractivity (Wildman–Crippen MR) is 92.2 cm³/mol. The molecule has 4 heteroatoms. The lowest BCUT2D eigenvalue weighted by Crippen LogP contribution is -2.07. The van der Waals surface area contributed by atoms with Crippen LogP contribution in [0.5, 0.6) is 0 Å². The lowest BCUT2D eigenvalue weighted by Gasteiger charge is -2.12. The summed E-state index contributed by atoms with van der Waals surface area (Å²) < 4.78 is 5.53. The molecule has 22 heavy (non-hydrogen) atoms. The average molecular weight is 333 g/mol. The molecular formula is C18H14Cl2O2. The summed E-state index contributed by atoms with van der Waals surface area (Å²) in [5, 5.41) is 2.15. The largest absolute Gasteiger partial charge is 0.422 e. The van der Waals surface area contributed by atoms with Gasteiger partial charge in [0.25, 0.3) is 0 Å². The van der Waals surface area contributed by atoms with Gasteiger partial charge in [0.05, 0.1) is 5.56 Å². The molecule has 0 radical (unpaired) electrons. The zero-order chi connectivity index (χ0) is 16.0. The first kappa shape index (κ1) is 15.1. The van der Waals surface area contributed by atoms with Crippen molar-refractivity contribution in [2.75, 3.05) is 0 Å². The van der Waals surface area contributed by atoms with Crippen molar-refractivity contribution < 1.29 is 4.42 Å². The number of halogens is 2. The van der Waals surface area contributed by atoms with E-state index in [0.29, 0.717) is 21.2 Å². The van der Waals surface area contributed by atoms with Crippen LogP contribution in [0.4, 0.5) is 0 Å². The van der Waals surface area contributed by atoms with Gasteiger partial charge in [-0.2, -0.15) is 0 Å². The van der Waals surface area contributed by atoms with Gasteiger partial charge in [0.2, 0.25) is 0 Å². The lowest BCUT2D eigenvalue weighted by atomic mass is 9.96. The molecule has 0 unspecified atom stereocenters. The molecule has 0 saturated carbocycles. The summed E-state index contributed by atoms with van der Waals surface area (Å²) in [6.45, 7) is 5.75. The van der Waals surface area contributed by atoms with Crippen molar-refractivity contribution in [3.63, 3.8) is 0 Å². The van der Waals surface area contributed by atoms with Gasteiger partial charge in [-0.1, -0.05) is 35.3 Å². The maximum absolute atomic E-state index is 12.4. The molecule has 0 aliphatic carbocycles. The summed E-state index contributed by atoms with van der Waals surface area (Å²) in [6.07, 6.45) is 0. The Kier molecular flexibility index (Phi) is 3.75. The number of fused-ring (bicyclic) bond motifs is 1. The summed E-state index contributed by atoms with van der Waals surface area (Å²) in [4.78, 5) is 12.4. The topological polar surface area (TPSA) is 30.2 Å². The Balaban J connectivity index is 2.45.